The second-order valence-corrected chi connectivity index (χ2v) is 4.79. The second kappa shape index (κ2) is 3.79. The molecule has 0 radical (unpaired) electrons. The maximum absolute atomic E-state index is 11.6. The molecule has 0 spiro atoms. The van der Waals surface area contributed by atoms with Crippen LogP contribution >= 0.6 is 0 Å². The highest BCUT2D eigenvalue weighted by Gasteiger charge is 2.38. The number of carbonyl (C=O) groups excluding carboxylic acids is 1. The van der Waals surface area contributed by atoms with Crippen molar-refractivity contribution in [3.63, 3.8) is 0 Å². The zero-order valence-corrected chi connectivity index (χ0v) is 9.03. The van der Waals surface area contributed by atoms with Crippen LogP contribution in [0.1, 0.15) is 33.1 Å². The lowest BCUT2D eigenvalue weighted by atomic mass is 10.0. The van der Waals surface area contributed by atoms with Gasteiger partial charge in [0.1, 0.15) is 0 Å². The molecule has 2 atom stereocenters. The molecule has 1 amide bonds. The minimum absolute atomic E-state index is 0.00272. The standard InChI is InChI=1S/C11H19NO2/c1-8(2)14-11(13)12-6-9-4-3-5-10(9)7-12/h8-10H,3-7H2,1-2H3/t9-,10+. The van der Waals surface area contributed by atoms with Crippen LogP contribution in [0.25, 0.3) is 0 Å². The number of hydrogen-bond donors (Lipinski definition) is 0. The molecule has 1 saturated carbocycles. The first-order chi connectivity index (χ1) is 6.66. The molecule has 1 saturated heterocycles. The van der Waals surface area contributed by atoms with Gasteiger partial charge >= 0.3 is 6.09 Å². The Labute approximate surface area is 85.4 Å². The Bertz CT molecular complexity index is 215. The molecule has 3 nitrogen and oxygen atoms in total. The Morgan fingerprint density at radius 3 is 2.36 bits per heavy atom. The van der Waals surface area contributed by atoms with Gasteiger partial charge in [-0.05, 0) is 38.5 Å². The first kappa shape index (κ1) is 9.81. The average molecular weight is 197 g/mol. The van der Waals surface area contributed by atoms with Crippen molar-refractivity contribution in [3.8, 4) is 0 Å². The Balaban J connectivity index is 1.86. The Morgan fingerprint density at radius 2 is 1.86 bits per heavy atom. The number of rotatable bonds is 1. The van der Waals surface area contributed by atoms with E-state index in [9.17, 15) is 4.79 Å². The van der Waals surface area contributed by atoms with Crippen LogP contribution < -0.4 is 0 Å². The molecule has 2 aliphatic rings. The maximum Gasteiger partial charge on any atom is 0.410 e. The summed E-state index contributed by atoms with van der Waals surface area (Å²) in [6, 6.07) is 0. The lowest BCUT2D eigenvalue weighted by Gasteiger charge is -2.18. The molecular weight excluding hydrogens is 178 g/mol. The molecule has 0 unspecified atom stereocenters. The van der Waals surface area contributed by atoms with Gasteiger partial charge in [-0.2, -0.15) is 0 Å². The van der Waals surface area contributed by atoms with E-state index in [1.165, 1.54) is 19.3 Å². The second-order valence-electron chi connectivity index (χ2n) is 4.79. The molecular formula is C11H19NO2. The third-order valence-corrected chi connectivity index (χ3v) is 3.32. The number of ether oxygens (including phenoxy) is 1. The Hall–Kier alpha value is -0.730. The average Bonchev–Trinajstić information content (AvgIpc) is 2.58. The van der Waals surface area contributed by atoms with Crippen molar-refractivity contribution < 1.29 is 9.53 Å². The zero-order chi connectivity index (χ0) is 10.1. The van der Waals surface area contributed by atoms with Gasteiger partial charge in [-0.15, -0.1) is 0 Å². The molecule has 0 bridgehead atoms. The number of amides is 1. The van der Waals surface area contributed by atoms with Crippen LogP contribution in [-0.4, -0.2) is 30.2 Å². The fourth-order valence-electron chi connectivity index (χ4n) is 2.66. The minimum atomic E-state index is -0.116. The summed E-state index contributed by atoms with van der Waals surface area (Å²) in [5, 5.41) is 0. The van der Waals surface area contributed by atoms with Crippen molar-refractivity contribution in [1.29, 1.82) is 0 Å². The van der Waals surface area contributed by atoms with Gasteiger partial charge < -0.3 is 9.64 Å². The van der Waals surface area contributed by atoms with E-state index in [1.807, 2.05) is 18.7 Å². The maximum atomic E-state index is 11.6. The molecule has 0 aromatic heterocycles. The summed E-state index contributed by atoms with van der Waals surface area (Å²) >= 11 is 0. The quantitative estimate of drug-likeness (QED) is 0.645. The highest BCUT2D eigenvalue weighted by atomic mass is 16.6. The molecule has 0 N–H and O–H groups in total. The van der Waals surface area contributed by atoms with Crippen molar-refractivity contribution >= 4 is 6.09 Å². The van der Waals surface area contributed by atoms with Gasteiger partial charge in [0.15, 0.2) is 0 Å². The van der Waals surface area contributed by atoms with E-state index < -0.39 is 0 Å². The van der Waals surface area contributed by atoms with Gasteiger partial charge in [-0.3, -0.25) is 0 Å². The molecule has 80 valence electrons. The fourth-order valence-corrected chi connectivity index (χ4v) is 2.66. The van der Waals surface area contributed by atoms with E-state index >= 15 is 0 Å². The number of hydrogen-bond acceptors (Lipinski definition) is 2. The van der Waals surface area contributed by atoms with Crippen LogP contribution in [0.5, 0.6) is 0 Å². The van der Waals surface area contributed by atoms with E-state index in [4.69, 9.17) is 4.74 Å². The fraction of sp³-hybridized carbons (Fsp3) is 0.909. The first-order valence-corrected chi connectivity index (χ1v) is 5.62. The van der Waals surface area contributed by atoms with Crippen LogP contribution in [-0.2, 0) is 4.74 Å². The highest BCUT2D eigenvalue weighted by molar-refractivity contribution is 5.68. The third-order valence-electron chi connectivity index (χ3n) is 3.32. The summed E-state index contributed by atoms with van der Waals surface area (Å²) in [5.41, 5.74) is 0. The summed E-state index contributed by atoms with van der Waals surface area (Å²) < 4.78 is 5.19. The predicted molar refractivity (Wildman–Crippen MR) is 54.0 cm³/mol. The van der Waals surface area contributed by atoms with Gasteiger partial charge in [-0.1, -0.05) is 6.42 Å². The van der Waals surface area contributed by atoms with Crippen molar-refractivity contribution in [2.75, 3.05) is 13.1 Å². The molecule has 2 fully saturated rings. The lowest BCUT2D eigenvalue weighted by Crippen LogP contribution is -2.31. The van der Waals surface area contributed by atoms with E-state index in [0.29, 0.717) is 0 Å². The van der Waals surface area contributed by atoms with Gasteiger partial charge in [0, 0.05) is 13.1 Å². The third kappa shape index (κ3) is 1.86. The van der Waals surface area contributed by atoms with Crippen LogP contribution in [0.3, 0.4) is 0 Å². The van der Waals surface area contributed by atoms with E-state index in [2.05, 4.69) is 0 Å². The van der Waals surface area contributed by atoms with Gasteiger partial charge in [-0.25, -0.2) is 4.79 Å². The summed E-state index contributed by atoms with van der Waals surface area (Å²) in [4.78, 5) is 13.5. The van der Waals surface area contributed by atoms with E-state index in [0.717, 1.165) is 24.9 Å². The largest absolute Gasteiger partial charge is 0.447 e. The molecule has 0 aromatic carbocycles. The van der Waals surface area contributed by atoms with E-state index in [1.54, 1.807) is 0 Å². The van der Waals surface area contributed by atoms with Crippen molar-refractivity contribution in [1.82, 2.24) is 4.90 Å². The number of likely N-dealkylation sites (tertiary alicyclic amines) is 1. The van der Waals surface area contributed by atoms with Gasteiger partial charge in [0.25, 0.3) is 0 Å². The van der Waals surface area contributed by atoms with Crippen LogP contribution in [0.2, 0.25) is 0 Å². The van der Waals surface area contributed by atoms with Crippen molar-refractivity contribution in [2.24, 2.45) is 11.8 Å². The summed E-state index contributed by atoms with van der Waals surface area (Å²) in [5.74, 6) is 1.52. The number of fused-ring (bicyclic) bond motifs is 1. The zero-order valence-electron chi connectivity index (χ0n) is 9.03. The SMILES string of the molecule is CC(C)OC(=O)N1C[C@H]2CCC[C@H]2C1. The molecule has 3 heteroatoms. The predicted octanol–water partition coefficient (Wildman–Crippen LogP) is 2.26. The smallest absolute Gasteiger partial charge is 0.410 e. The highest BCUT2D eigenvalue weighted by Crippen LogP contribution is 2.37. The van der Waals surface area contributed by atoms with Crippen molar-refractivity contribution in [3.05, 3.63) is 0 Å². The van der Waals surface area contributed by atoms with Crippen LogP contribution in [0.4, 0.5) is 4.79 Å². The minimum Gasteiger partial charge on any atom is -0.447 e. The van der Waals surface area contributed by atoms with Gasteiger partial charge in [0.05, 0.1) is 6.10 Å². The van der Waals surface area contributed by atoms with Crippen LogP contribution in [0, 0.1) is 11.8 Å². The molecule has 14 heavy (non-hydrogen) atoms. The molecule has 2 rings (SSSR count). The molecule has 1 aliphatic carbocycles. The van der Waals surface area contributed by atoms with Crippen molar-refractivity contribution in [2.45, 2.75) is 39.2 Å². The molecule has 1 aliphatic heterocycles. The summed E-state index contributed by atoms with van der Waals surface area (Å²) in [6.45, 7) is 5.65. The summed E-state index contributed by atoms with van der Waals surface area (Å²) in [7, 11) is 0. The number of nitrogens with zero attached hydrogens (tertiary/aromatic N) is 1. The Morgan fingerprint density at radius 1 is 1.29 bits per heavy atom. The monoisotopic (exact) mass is 197 g/mol. The molecule has 1 heterocycles. The summed E-state index contributed by atoms with van der Waals surface area (Å²) in [6.07, 6.45) is 3.84. The topological polar surface area (TPSA) is 29.5 Å². The lowest BCUT2D eigenvalue weighted by molar-refractivity contribution is 0.0814. The first-order valence-electron chi connectivity index (χ1n) is 5.62. The normalized spacial score (nSPS) is 30.9. The van der Waals surface area contributed by atoms with Crippen LogP contribution in [0.15, 0.2) is 0 Å². The molecule has 0 aromatic rings. The number of carbonyl (C=O) groups is 1. The van der Waals surface area contributed by atoms with E-state index in [-0.39, 0.29) is 12.2 Å². The van der Waals surface area contributed by atoms with Gasteiger partial charge in [0.2, 0.25) is 0 Å². The Kier molecular flexibility index (Phi) is 2.66.